The van der Waals surface area contributed by atoms with Gasteiger partial charge >= 0.3 is 0 Å². The van der Waals surface area contributed by atoms with Crippen molar-refractivity contribution in [1.82, 2.24) is 38.2 Å². The van der Waals surface area contributed by atoms with Gasteiger partial charge in [0.25, 0.3) is 0 Å². The molecule has 8 fully saturated rings. The molecule has 12 heteroatoms. The van der Waals surface area contributed by atoms with E-state index in [-0.39, 0.29) is 27.4 Å². The zero-order chi connectivity index (χ0) is 77.1. The van der Waals surface area contributed by atoms with Crippen molar-refractivity contribution in [2.45, 2.75) is 127 Å². The van der Waals surface area contributed by atoms with Gasteiger partial charge < -0.3 is 9.84 Å². The summed E-state index contributed by atoms with van der Waals surface area (Å²) in [5.41, 5.74) is 19.2. The van der Waals surface area contributed by atoms with Crippen molar-refractivity contribution in [2.75, 3.05) is 4.93 Å². The van der Waals surface area contributed by atoms with Crippen LogP contribution in [0.1, 0.15) is 139 Å². The van der Waals surface area contributed by atoms with Crippen molar-refractivity contribution >= 4 is 104 Å². The lowest BCUT2D eigenvalue weighted by atomic mass is 9.42. The molecule has 1 N–H and O–H groups in total. The van der Waals surface area contributed by atoms with Gasteiger partial charge in [0.05, 0.1) is 49.8 Å². The van der Waals surface area contributed by atoms with Crippen LogP contribution in [-0.4, -0.2) is 48.2 Å². The highest BCUT2D eigenvalue weighted by Gasteiger charge is 2.60. The van der Waals surface area contributed by atoms with Crippen molar-refractivity contribution < 1.29 is 9.84 Å². The van der Waals surface area contributed by atoms with Crippen LogP contribution >= 0.6 is 38.5 Å². The molecular weight excluding hydrogens is 1560 g/mol. The fraction of sp³-hybridized carbons (Fsp3) is 0.287. The molecular formula is C101H96BrIN8O2. The first kappa shape index (κ1) is 73.1. The summed E-state index contributed by atoms with van der Waals surface area (Å²) in [6, 6.07) is 91.3. The number of hydrogen-bond donors (Lipinski definition) is 1. The van der Waals surface area contributed by atoms with E-state index >= 15 is 0 Å². The maximum absolute atomic E-state index is 10.4. The molecule has 8 bridgehead atoms. The van der Waals surface area contributed by atoms with Crippen molar-refractivity contribution in [3.05, 3.63) is 318 Å². The van der Waals surface area contributed by atoms with Crippen molar-refractivity contribution in [3.63, 3.8) is 0 Å². The number of para-hydroxylation sites is 6. The van der Waals surface area contributed by atoms with Crippen LogP contribution in [0.4, 0.5) is 0 Å². The topological polar surface area (TPSA) is 101 Å². The largest absolute Gasteiger partial charge is 0.508 e. The molecule has 24 rings (SSSR count). The number of alkyl halides is 1. The summed E-state index contributed by atoms with van der Waals surface area (Å²) in [6.07, 6.45) is 21.5. The molecule has 113 heavy (non-hydrogen) atoms. The predicted molar refractivity (Wildman–Crippen MR) is 475 cm³/mol. The van der Waals surface area contributed by atoms with Crippen molar-refractivity contribution in [3.8, 4) is 40.3 Å². The van der Waals surface area contributed by atoms with E-state index in [2.05, 4.69) is 327 Å². The average Bonchev–Trinajstić information content (AvgIpc) is 1.22. The lowest BCUT2D eigenvalue weighted by molar-refractivity contribution is -0.0418. The van der Waals surface area contributed by atoms with Crippen LogP contribution in [0.15, 0.2) is 284 Å². The Morgan fingerprint density at radius 3 is 1.23 bits per heavy atom. The molecule has 0 atom stereocenters. The molecule has 10 aromatic carbocycles. The van der Waals surface area contributed by atoms with Gasteiger partial charge in [-0.1, -0.05) is 201 Å². The standard InChI is InChI=1S/C50H46N4O.C33H30N2O.C17H17BrN2.CH3I/c1-49(2,3)36-26-39(53-31-52-44-14-8-10-16-46(44)53)29-41(27-36)55-40-17-18-43-42-13-7-9-15-45(42)54(47(43)30-40)48-28-35(19-20-51-48)50(34-11-5-4-6-12-34)37-22-32-21-33(24-37)25-38(50)23-32;36-27-10-11-29-28-8-4-5-9-30(28)35(31(29)20-27)32-19-24(12-13-34-32)33(23-6-2-1-3-7-23)25-15-21-14-22(17-25)18-26(33)16-21;1-17(2,3)12-8-13(18)10-14(9-12)20-11-19-15-6-4-5-7-16(15)20;1-2/h4-20,26-33,37-38H,21-25H2,1-3H3;1-13,19-22,25-26,36H,14-18H2;4-11H,1-3H3;1H3. The second kappa shape index (κ2) is 29.0. The quantitative estimate of drug-likeness (QED) is 0.108. The number of rotatable bonds is 10. The first-order chi connectivity index (χ1) is 55.0. The molecule has 0 aliphatic heterocycles. The van der Waals surface area contributed by atoms with E-state index in [1.165, 1.54) is 114 Å². The number of ether oxygens (including phenoxy) is 1. The maximum Gasteiger partial charge on any atom is 0.137 e. The number of pyridine rings is 2. The van der Waals surface area contributed by atoms with E-state index in [1.807, 2.05) is 60.2 Å². The molecule has 8 aliphatic carbocycles. The number of nitrogens with zero attached hydrogens (tertiary/aromatic N) is 8. The minimum absolute atomic E-state index is 0.00967. The Bertz CT molecular complexity index is 6200. The van der Waals surface area contributed by atoms with Gasteiger partial charge in [-0.05, 0) is 276 Å². The molecule has 0 spiro atoms. The Kier molecular flexibility index (Phi) is 18.8. The smallest absolute Gasteiger partial charge is 0.137 e. The number of benzene rings is 10. The van der Waals surface area contributed by atoms with Crippen molar-refractivity contribution in [1.29, 1.82) is 0 Å². The van der Waals surface area contributed by atoms with E-state index in [1.54, 1.807) is 6.07 Å². The predicted octanol–water partition coefficient (Wildman–Crippen LogP) is 26.1. The number of aromatic hydroxyl groups is 1. The average molecular weight is 1660 g/mol. The third kappa shape index (κ3) is 12.8. The van der Waals surface area contributed by atoms with Crippen LogP contribution < -0.4 is 4.74 Å². The van der Waals surface area contributed by atoms with E-state index in [0.29, 0.717) is 23.7 Å². The third-order valence-corrected chi connectivity index (χ3v) is 27.2. The number of fused-ring (bicyclic) bond motifs is 8. The van der Waals surface area contributed by atoms with E-state index in [9.17, 15) is 5.11 Å². The molecule has 0 amide bonds. The summed E-state index contributed by atoms with van der Waals surface area (Å²) in [4.78, 5) is 21.2. The first-order valence-electron chi connectivity index (χ1n) is 40.7. The zero-order valence-electron chi connectivity index (χ0n) is 65.4. The highest BCUT2D eigenvalue weighted by molar-refractivity contribution is 14.1. The Morgan fingerprint density at radius 2 is 0.761 bits per heavy atom. The normalized spacial score (nSPS) is 22.7. The van der Waals surface area contributed by atoms with E-state index in [4.69, 9.17) is 14.7 Å². The van der Waals surface area contributed by atoms with Gasteiger partial charge in [0, 0.05) is 73.1 Å². The molecule has 6 heterocycles. The minimum atomic E-state index is -0.0774. The number of phenolic OH excluding ortho intramolecular Hbond substituents is 1. The number of halogens is 2. The van der Waals surface area contributed by atoms with Crippen LogP contribution in [-0.2, 0) is 21.7 Å². The summed E-state index contributed by atoms with van der Waals surface area (Å²) in [7, 11) is 0. The Labute approximate surface area is 684 Å². The summed E-state index contributed by atoms with van der Waals surface area (Å²) < 4.78 is 16.8. The summed E-state index contributed by atoms with van der Waals surface area (Å²) in [5, 5.41) is 15.1. The van der Waals surface area contributed by atoms with Gasteiger partial charge in [-0.25, -0.2) is 19.9 Å². The van der Waals surface area contributed by atoms with Crippen LogP contribution in [0.25, 0.3) is 88.7 Å². The highest BCUT2D eigenvalue weighted by Crippen LogP contribution is 2.67. The molecule has 0 unspecified atom stereocenters. The Morgan fingerprint density at radius 1 is 0.363 bits per heavy atom. The number of hydrogen-bond acceptors (Lipinski definition) is 6. The molecule has 8 saturated carbocycles. The molecule has 0 saturated heterocycles. The summed E-state index contributed by atoms with van der Waals surface area (Å²) >= 11 is 5.77. The maximum atomic E-state index is 10.4. The fourth-order valence-electron chi connectivity index (χ4n) is 22.4. The Hall–Kier alpha value is -10.2. The lowest BCUT2D eigenvalue weighted by Crippen LogP contribution is -2.56. The van der Waals surface area contributed by atoms with Crippen LogP contribution in [0.2, 0.25) is 0 Å². The first-order valence-corrected chi connectivity index (χ1v) is 43.6. The fourth-order valence-corrected chi connectivity index (χ4v) is 22.9. The SMILES string of the molecule is CC(C)(C)c1cc(Br)cc(-n2cnc3ccccc32)c1.CC(C)(C)c1cc(Oc2ccc3c4ccccc4n(-c4cc(C5(c6ccccc6)C6CC7CC(C6)CC5C7)ccn4)c3c2)cc(-n2cnc3ccccc32)c1.CI.Oc1ccc2c3ccccc3n(-c3cc(C4(c5ccccc5)C5CC6CC(C5)CC4C6)ccn3)c2c1. The van der Waals surface area contributed by atoms with Gasteiger partial charge in [-0.2, -0.15) is 0 Å². The second-order valence-corrected chi connectivity index (χ2v) is 36.1. The third-order valence-electron chi connectivity index (χ3n) is 26.8. The van der Waals surface area contributed by atoms with Gasteiger partial charge in [-0.3, -0.25) is 18.3 Å². The summed E-state index contributed by atoms with van der Waals surface area (Å²) in [5.74, 6) is 10.1. The van der Waals surface area contributed by atoms with Crippen LogP contribution in [0.3, 0.4) is 0 Å². The van der Waals surface area contributed by atoms with Gasteiger partial charge in [0.2, 0.25) is 0 Å². The highest BCUT2D eigenvalue weighted by atomic mass is 127. The van der Waals surface area contributed by atoms with E-state index in [0.717, 1.165) is 112 Å². The molecule has 8 aliphatic rings. The Balaban J connectivity index is 0.000000126. The van der Waals surface area contributed by atoms with Gasteiger partial charge in [0.1, 0.15) is 41.5 Å². The molecule has 0 radical (unpaired) electrons. The minimum Gasteiger partial charge on any atom is -0.508 e. The van der Waals surface area contributed by atoms with Crippen molar-refractivity contribution in [2.24, 2.45) is 47.3 Å². The second-order valence-electron chi connectivity index (χ2n) is 35.2. The molecule has 566 valence electrons. The molecule has 16 aromatic rings. The van der Waals surface area contributed by atoms with Crippen LogP contribution in [0.5, 0.6) is 17.2 Å². The number of phenols is 1. The molecule has 6 aromatic heterocycles. The van der Waals surface area contributed by atoms with E-state index < -0.39 is 0 Å². The van der Waals surface area contributed by atoms with Gasteiger partial charge in [-0.15, -0.1) is 0 Å². The zero-order valence-corrected chi connectivity index (χ0v) is 69.2. The number of imidazole rings is 2. The molecule has 10 nitrogen and oxygen atoms in total. The van der Waals surface area contributed by atoms with Crippen LogP contribution in [0, 0.1) is 47.3 Å². The monoisotopic (exact) mass is 1660 g/mol. The number of aromatic nitrogens is 8. The lowest BCUT2D eigenvalue weighted by Gasteiger charge is -2.62. The summed E-state index contributed by atoms with van der Waals surface area (Å²) in [6.45, 7) is 13.4. The van der Waals surface area contributed by atoms with Gasteiger partial charge in [0.15, 0.2) is 0 Å².